The number of halogens is 1. The van der Waals surface area contributed by atoms with Crippen LogP contribution in [-0.2, 0) is 6.54 Å². The molecule has 1 aliphatic rings. The molecular formula is C23H36IN5O2. The van der Waals surface area contributed by atoms with Gasteiger partial charge in [0.2, 0.25) is 0 Å². The van der Waals surface area contributed by atoms with Gasteiger partial charge in [0.1, 0.15) is 5.75 Å². The first-order valence-electron chi connectivity index (χ1n) is 11.1. The summed E-state index contributed by atoms with van der Waals surface area (Å²) in [6, 6.07) is 10.1. The summed E-state index contributed by atoms with van der Waals surface area (Å²) in [6.45, 7) is 7.63. The van der Waals surface area contributed by atoms with Gasteiger partial charge in [-0.3, -0.25) is 4.68 Å². The van der Waals surface area contributed by atoms with Gasteiger partial charge in [0.25, 0.3) is 0 Å². The first kappa shape index (κ1) is 25.5. The van der Waals surface area contributed by atoms with Crippen LogP contribution in [0.2, 0.25) is 0 Å². The highest BCUT2D eigenvalue weighted by Crippen LogP contribution is 2.28. The summed E-state index contributed by atoms with van der Waals surface area (Å²) in [5.41, 5.74) is 1.80. The number of aliphatic imine (C=N–C) groups is 1. The minimum Gasteiger partial charge on any atom is -0.491 e. The fraction of sp³-hybridized carbons (Fsp3) is 0.565. The van der Waals surface area contributed by atoms with E-state index < -0.39 is 6.10 Å². The molecule has 3 N–H and O–H groups in total. The normalized spacial score (nSPS) is 15.6. The van der Waals surface area contributed by atoms with Gasteiger partial charge in [-0.25, -0.2) is 4.99 Å². The first-order valence-corrected chi connectivity index (χ1v) is 11.1. The second-order valence-electron chi connectivity index (χ2n) is 8.05. The van der Waals surface area contributed by atoms with Gasteiger partial charge in [0, 0.05) is 19.3 Å². The molecule has 0 saturated heterocycles. The number of hydrogen-bond donors (Lipinski definition) is 3. The number of ether oxygens (including phenoxy) is 1. The second-order valence-corrected chi connectivity index (χ2v) is 8.05. The lowest BCUT2D eigenvalue weighted by molar-refractivity contribution is 0.180. The van der Waals surface area contributed by atoms with Crippen LogP contribution >= 0.6 is 24.0 Å². The predicted octanol–water partition coefficient (Wildman–Crippen LogP) is 4.19. The lowest BCUT2D eigenvalue weighted by atomic mass is 10.1. The summed E-state index contributed by atoms with van der Waals surface area (Å²) in [6.07, 6.45) is 6.59. The van der Waals surface area contributed by atoms with Crippen molar-refractivity contribution in [2.24, 2.45) is 4.99 Å². The summed E-state index contributed by atoms with van der Waals surface area (Å²) in [7, 11) is 0. The topological polar surface area (TPSA) is 83.7 Å². The molecule has 1 saturated carbocycles. The number of aromatic nitrogens is 2. The van der Waals surface area contributed by atoms with E-state index in [2.05, 4.69) is 31.6 Å². The van der Waals surface area contributed by atoms with Crippen LogP contribution < -0.4 is 15.4 Å². The molecule has 172 valence electrons. The fourth-order valence-electron chi connectivity index (χ4n) is 3.69. The average Bonchev–Trinajstić information content (AvgIpc) is 3.41. The number of guanidine groups is 1. The van der Waals surface area contributed by atoms with E-state index in [1.165, 1.54) is 25.7 Å². The van der Waals surface area contributed by atoms with Crippen LogP contribution in [0.15, 0.2) is 41.5 Å². The molecular weight excluding hydrogens is 505 g/mol. The monoisotopic (exact) mass is 541 g/mol. The fourth-order valence-corrected chi connectivity index (χ4v) is 3.69. The van der Waals surface area contributed by atoms with Crippen LogP contribution in [0.3, 0.4) is 0 Å². The molecule has 7 nitrogen and oxygen atoms in total. The third-order valence-corrected chi connectivity index (χ3v) is 5.21. The Morgan fingerprint density at radius 2 is 1.90 bits per heavy atom. The summed E-state index contributed by atoms with van der Waals surface area (Å²) < 4.78 is 7.75. The molecule has 1 unspecified atom stereocenters. The number of aliphatic hydroxyl groups is 1. The van der Waals surface area contributed by atoms with E-state index >= 15 is 0 Å². The van der Waals surface area contributed by atoms with Crippen molar-refractivity contribution in [1.82, 2.24) is 20.4 Å². The number of benzene rings is 1. The van der Waals surface area contributed by atoms with Crippen molar-refractivity contribution in [3.63, 3.8) is 0 Å². The van der Waals surface area contributed by atoms with Gasteiger partial charge in [0.05, 0.1) is 30.5 Å². The zero-order chi connectivity index (χ0) is 21.3. The first-order chi connectivity index (χ1) is 14.5. The summed E-state index contributed by atoms with van der Waals surface area (Å²) in [4.78, 5) is 4.62. The molecule has 0 radical (unpaired) electrons. The van der Waals surface area contributed by atoms with Crippen molar-refractivity contribution < 1.29 is 9.84 Å². The highest BCUT2D eigenvalue weighted by Gasteiger charge is 2.17. The van der Waals surface area contributed by atoms with Crippen LogP contribution in [0.1, 0.15) is 69.9 Å². The van der Waals surface area contributed by atoms with E-state index in [4.69, 9.17) is 4.74 Å². The maximum atomic E-state index is 10.5. The quantitative estimate of drug-likeness (QED) is 0.252. The van der Waals surface area contributed by atoms with E-state index in [9.17, 15) is 5.11 Å². The van der Waals surface area contributed by atoms with Gasteiger partial charge in [-0.2, -0.15) is 5.10 Å². The Morgan fingerprint density at radius 1 is 1.19 bits per heavy atom. The molecule has 3 rings (SSSR count). The SMILES string of the molecule is CCNC(=NCc1ccn(C2CCCC2)n1)NCC(O)c1ccc(OC(C)C)cc1.I. The zero-order valence-electron chi connectivity index (χ0n) is 18.8. The minimum atomic E-state index is -0.636. The van der Waals surface area contributed by atoms with Crippen molar-refractivity contribution >= 4 is 29.9 Å². The van der Waals surface area contributed by atoms with Crippen molar-refractivity contribution in [2.75, 3.05) is 13.1 Å². The Labute approximate surface area is 202 Å². The lowest BCUT2D eigenvalue weighted by Crippen LogP contribution is -2.39. The minimum absolute atomic E-state index is 0. The van der Waals surface area contributed by atoms with Crippen LogP contribution in [0, 0.1) is 0 Å². The molecule has 0 amide bonds. The predicted molar refractivity (Wildman–Crippen MR) is 135 cm³/mol. The highest BCUT2D eigenvalue weighted by atomic mass is 127. The largest absolute Gasteiger partial charge is 0.491 e. The number of aliphatic hydroxyl groups excluding tert-OH is 1. The van der Waals surface area contributed by atoms with Crippen LogP contribution in [0.4, 0.5) is 0 Å². The summed E-state index contributed by atoms with van der Waals surface area (Å²) >= 11 is 0. The smallest absolute Gasteiger partial charge is 0.191 e. The van der Waals surface area contributed by atoms with Gasteiger partial charge in [-0.05, 0) is 57.4 Å². The standard InChI is InChI=1S/C23H35N5O2.HI/c1-4-24-23(25-15-19-13-14-28(27-19)20-7-5-6-8-20)26-16-22(29)18-9-11-21(12-10-18)30-17(2)3;/h9-14,17,20,22,29H,4-8,15-16H2,1-3H3,(H2,24,25,26);1H. The Hall–Kier alpha value is -1.81. The van der Waals surface area contributed by atoms with Crippen LogP contribution in [-0.4, -0.2) is 40.0 Å². The zero-order valence-corrected chi connectivity index (χ0v) is 21.1. The van der Waals surface area contributed by atoms with Crippen LogP contribution in [0.25, 0.3) is 0 Å². The van der Waals surface area contributed by atoms with Crippen molar-refractivity contribution in [2.45, 2.75) is 71.2 Å². The number of hydrogen-bond acceptors (Lipinski definition) is 4. The molecule has 8 heteroatoms. The molecule has 1 aliphatic carbocycles. The van der Waals surface area contributed by atoms with Gasteiger partial charge < -0.3 is 20.5 Å². The molecule has 1 aromatic carbocycles. The third kappa shape index (κ3) is 7.99. The van der Waals surface area contributed by atoms with Gasteiger partial charge in [0.15, 0.2) is 5.96 Å². The van der Waals surface area contributed by atoms with Crippen LogP contribution in [0.5, 0.6) is 5.75 Å². The van der Waals surface area contributed by atoms with Crippen molar-refractivity contribution in [3.05, 3.63) is 47.8 Å². The van der Waals surface area contributed by atoms with E-state index in [1.54, 1.807) is 0 Å². The lowest BCUT2D eigenvalue weighted by Gasteiger charge is -2.16. The van der Waals surface area contributed by atoms with Gasteiger partial charge in [-0.15, -0.1) is 24.0 Å². The summed E-state index contributed by atoms with van der Waals surface area (Å²) in [5, 5.41) is 21.7. The molecule has 31 heavy (non-hydrogen) atoms. The highest BCUT2D eigenvalue weighted by molar-refractivity contribution is 14.0. The average molecular weight is 541 g/mol. The van der Waals surface area contributed by atoms with Gasteiger partial charge >= 0.3 is 0 Å². The Kier molecular flexibility index (Phi) is 10.6. The molecule has 1 heterocycles. The van der Waals surface area contributed by atoms with E-state index in [-0.39, 0.29) is 30.1 Å². The number of nitrogens with zero attached hydrogens (tertiary/aromatic N) is 3. The Morgan fingerprint density at radius 3 is 2.55 bits per heavy atom. The maximum absolute atomic E-state index is 10.5. The second kappa shape index (κ2) is 12.9. The number of nitrogens with one attached hydrogen (secondary N) is 2. The maximum Gasteiger partial charge on any atom is 0.191 e. The molecule has 0 spiro atoms. The molecule has 1 aromatic heterocycles. The molecule has 1 atom stereocenters. The van der Waals surface area contributed by atoms with Gasteiger partial charge in [-0.1, -0.05) is 25.0 Å². The number of rotatable bonds is 9. The molecule has 2 aromatic rings. The molecule has 1 fully saturated rings. The molecule has 0 aliphatic heterocycles. The van der Waals surface area contributed by atoms with E-state index in [1.807, 2.05) is 51.1 Å². The van der Waals surface area contributed by atoms with Crippen molar-refractivity contribution in [3.8, 4) is 5.75 Å². The Balaban J connectivity index is 0.00000341. The van der Waals surface area contributed by atoms with Crippen molar-refractivity contribution in [1.29, 1.82) is 0 Å². The van der Waals surface area contributed by atoms with E-state index in [0.717, 1.165) is 23.6 Å². The molecule has 0 bridgehead atoms. The third-order valence-electron chi connectivity index (χ3n) is 5.21. The summed E-state index contributed by atoms with van der Waals surface area (Å²) in [5.74, 6) is 1.48. The Bertz CT molecular complexity index is 801. The van der Waals surface area contributed by atoms with E-state index in [0.29, 0.717) is 25.1 Å².